The van der Waals surface area contributed by atoms with Crippen molar-refractivity contribution in [1.82, 2.24) is 5.32 Å². The average molecular weight is 917 g/mol. The normalized spacial score (nSPS) is 13.2. The second-order valence-electron chi connectivity index (χ2n) is 20.1. The second kappa shape index (κ2) is 53.3. The lowest BCUT2D eigenvalue weighted by molar-refractivity contribution is -0.151. The van der Waals surface area contributed by atoms with Gasteiger partial charge in [-0.25, -0.2) is 0 Å². The number of hydrogen-bond donors (Lipinski definition) is 3. The molecule has 0 aliphatic carbocycles. The maximum Gasteiger partial charge on any atom is 0.306 e. The van der Waals surface area contributed by atoms with E-state index in [9.17, 15) is 19.8 Å². The SMILES string of the molecule is CCCCC/C=C\C/C=C\CCCCCCCC(CC(=O)NC(CO)C(O)CCCCCCCCCCCCCC)OC(=O)CCCCCCCCCCCCCCCCCCCCC. The van der Waals surface area contributed by atoms with Gasteiger partial charge in [0.05, 0.1) is 25.2 Å². The van der Waals surface area contributed by atoms with Gasteiger partial charge >= 0.3 is 5.97 Å². The molecule has 0 bridgehead atoms. The maximum absolute atomic E-state index is 13.3. The number of carbonyl (C=O) groups is 2. The predicted octanol–water partition coefficient (Wildman–Crippen LogP) is 17.9. The Kier molecular flexibility index (Phi) is 51.9. The van der Waals surface area contributed by atoms with Crippen LogP contribution in [0, 0.1) is 0 Å². The first-order valence-corrected chi connectivity index (χ1v) is 29.1. The number of carbonyl (C=O) groups excluding carboxylic acids is 2. The van der Waals surface area contributed by atoms with Crippen molar-refractivity contribution >= 4 is 11.9 Å². The van der Waals surface area contributed by atoms with Crippen molar-refractivity contribution in [2.24, 2.45) is 0 Å². The molecule has 0 saturated heterocycles. The number of aliphatic hydroxyl groups excluding tert-OH is 2. The molecule has 3 atom stereocenters. The van der Waals surface area contributed by atoms with E-state index in [0.717, 1.165) is 64.2 Å². The maximum atomic E-state index is 13.3. The standard InChI is InChI=1S/C59H113NO5/c1-4-7-10-13-16-19-22-25-27-28-29-30-32-34-37-40-43-46-49-52-59(64)65-55(50-47-44-41-38-35-33-31-26-23-20-17-14-11-8-5-2)53-58(63)60-56(54-61)57(62)51-48-45-42-39-36-24-21-18-15-12-9-6-3/h17,20,26,31,55-57,61-62H,4-16,18-19,21-25,27-30,32-54H2,1-3H3,(H,60,63)/b20-17-,31-26-. The number of aliphatic hydroxyl groups is 2. The Bertz CT molecular complexity index is 1030. The van der Waals surface area contributed by atoms with Gasteiger partial charge in [-0.3, -0.25) is 9.59 Å². The third-order valence-corrected chi connectivity index (χ3v) is 13.5. The second-order valence-corrected chi connectivity index (χ2v) is 20.1. The summed E-state index contributed by atoms with van der Waals surface area (Å²) in [4.78, 5) is 26.3. The van der Waals surface area contributed by atoms with Crippen LogP contribution in [0.4, 0.5) is 0 Å². The van der Waals surface area contributed by atoms with E-state index in [0.29, 0.717) is 19.3 Å². The summed E-state index contributed by atoms with van der Waals surface area (Å²) in [5, 5.41) is 23.8. The molecule has 0 aliphatic heterocycles. The van der Waals surface area contributed by atoms with E-state index in [1.165, 1.54) is 205 Å². The highest BCUT2D eigenvalue weighted by molar-refractivity contribution is 5.77. The van der Waals surface area contributed by atoms with Gasteiger partial charge in [-0.1, -0.05) is 270 Å². The van der Waals surface area contributed by atoms with Crippen LogP contribution in [0.2, 0.25) is 0 Å². The Balaban J connectivity index is 4.51. The zero-order valence-corrected chi connectivity index (χ0v) is 43.9. The molecule has 3 unspecified atom stereocenters. The highest BCUT2D eigenvalue weighted by Crippen LogP contribution is 2.19. The highest BCUT2D eigenvalue weighted by atomic mass is 16.5. The monoisotopic (exact) mass is 916 g/mol. The van der Waals surface area contributed by atoms with E-state index < -0.39 is 18.2 Å². The molecule has 0 aliphatic rings. The number of esters is 1. The van der Waals surface area contributed by atoms with Crippen LogP contribution in [0.15, 0.2) is 24.3 Å². The van der Waals surface area contributed by atoms with Gasteiger partial charge in [0, 0.05) is 6.42 Å². The van der Waals surface area contributed by atoms with Crippen LogP contribution >= 0.6 is 0 Å². The molecule has 0 rings (SSSR count). The number of amides is 1. The fourth-order valence-corrected chi connectivity index (χ4v) is 9.11. The summed E-state index contributed by atoms with van der Waals surface area (Å²) in [6.07, 6.45) is 62.4. The van der Waals surface area contributed by atoms with Crippen molar-refractivity contribution < 1.29 is 24.5 Å². The number of rotatable bonds is 53. The van der Waals surface area contributed by atoms with Crippen LogP contribution in [0.3, 0.4) is 0 Å². The molecule has 0 aromatic heterocycles. The molecule has 0 radical (unpaired) electrons. The first kappa shape index (κ1) is 63.3. The van der Waals surface area contributed by atoms with Crippen molar-refractivity contribution in [3.8, 4) is 0 Å². The topological polar surface area (TPSA) is 95.9 Å². The molecule has 0 spiro atoms. The molecule has 0 heterocycles. The van der Waals surface area contributed by atoms with Crippen molar-refractivity contribution in [3.05, 3.63) is 24.3 Å². The summed E-state index contributed by atoms with van der Waals surface area (Å²) in [5.74, 6) is -0.468. The Labute approximate surface area is 405 Å². The molecule has 1 amide bonds. The number of ether oxygens (including phenoxy) is 1. The van der Waals surface area contributed by atoms with Gasteiger partial charge in [0.15, 0.2) is 0 Å². The van der Waals surface area contributed by atoms with Gasteiger partial charge in [0.25, 0.3) is 0 Å². The molecule has 0 aromatic rings. The fourth-order valence-electron chi connectivity index (χ4n) is 9.11. The van der Waals surface area contributed by atoms with Crippen LogP contribution < -0.4 is 5.32 Å². The van der Waals surface area contributed by atoms with Crippen molar-refractivity contribution in [3.63, 3.8) is 0 Å². The zero-order chi connectivity index (χ0) is 47.4. The predicted molar refractivity (Wildman–Crippen MR) is 283 cm³/mol. The third kappa shape index (κ3) is 48.6. The number of nitrogens with one attached hydrogen (secondary N) is 1. The molecule has 0 saturated carbocycles. The van der Waals surface area contributed by atoms with Crippen LogP contribution in [-0.2, 0) is 14.3 Å². The molecular weight excluding hydrogens is 803 g/mol. The van der Waals surface area contributed by atoms with Gasteiger partial charge in [0.1, 0.15) is 6.10 Å². The minimum atomic E-state index is -0.788. The quantitative estimate of drug-likeness (QED) is 0.0321. The summed E-state index contributed by atoms with van der Waals surface area (Å²) in [7, 11) is 0. The largest absolute Gasteiger partial charge is 0.462 e. The van der Waals surface area contributed by atoms with Crippen molar-refractivity contribution in [1.29, 1.82) is 0 Å². The van der Waals surface area contributed by atoms with Crippen LogP contribution in [0.25, 0.3) is 0 Å². The number of unbranched alkanes of at least 4 members (excludes halogenated alkanes) is 37. The van der Waals surface area contributed by atoms with Gasteiger partial charge in [-0.15, -0.1) is 0 Å². The van der Waals surface area contributed by atoms with Crippen LogP contribution in [0.5, 0.6) is 0 Å². The Morgan fingerprint density at radius 1 is 0.446 bits per heavy atom. The van der Waals surface area contributed by atoms with Crippen LogP contribution in [0.1, 0.15) is 316 Å². The van der Waals surface area contributed by atoms with Crippen LogP contribution in [-0.4, -0.2) is 46.9 Å². The molecule has 65 heavy (non-hydrogen) atoms. The van der Waals surface area contributed by atoms with E-state index in [1.807, 2.05) is 0 Å². The van der Waals surface area contributed by atoms with E-state index in [-0.39, 0.29) is 24.9 Å². The Morgan fingerprint density at radius 3 is 1.20 bits per heavy atom. The van der Waals surface area contributed by atoms with E-state index in [4.69, 9.17) is 4.74 Å². The van der Waals surface area contributed by atoms with Gasteiger partial charge in [-0.2, -0.15) is 0 Å². The van der Waals surface area contributed by atoms with E-state index in [2.05, 4.69) is 50.4 Å². The smallest absolute Gasteiger partial charge is 0.306 e. The lowest BCUT2D eigenvalue weighted by atomic mass is 10.0. The first-order chi connectivity index (χ1) is 32.0. The van der Waals surface area contributed by atoms with E-state index in [1.54, 1.807) is 0 Å². The van der Waals surface area contributed by atoms with Gasteiger partial charge in [-0.05, 0) is 57.8 Å². The van der Waals surface area contributed by atoms with Crippen molar-refractivity contribution in [2.45, 2.75) is 334 Å². The summed E-state index contributed by atoms with van der Waals surface area (Å²) in [6.45, 7) is 6.49. The van der Waals surface area contributed by atoms with Crippen molar-refractivity contribution in [2.75, 3.05) is 6.61 Å². The van der Waals surface area contributed by atoms with Gasteiger partial charge < -0.3 is 20.3 Å². The minimum Gasteiger partial charge on any atom is -0.462 e. The molecule has 6 nitrogen and oxygen atoms in total. The summed E-state index contributed by atoms with van der Waals surface area (Å²) in [5.41, 5.74) is 0. The zero-order valence-electron chi connectivity index (χ0n) is 43.9. The molecular formula is C59H113NO5. The fraction of sp³-hybridized carbons (Fsp3) is 0.898. The lowest BCUT2D eigenvalue weighted by Crippen LogP contribution is -2.46. The minimum absolute atomic E-state index is 0.0740. The summed E-state index contributed by atoms with van der Waals surface area (Å²) >= 11 is 0. The molecule has 0 fully saturated rings. The van der Waals surface area contributed by atoms with Gasteiger partial charge in [0.2, 0.25) is 5.91 Å². The Hall–Kier alpha value is -1.66. The summed E-state index contributed by atoms with van der Waals surface area (Å²) < 4.78 is 5.96. The number of hydrogen-bond acceptors (Lipinski definition) is 5. The molecule has 384 valence electrons. The molecule has 3 N–H and O–H groups in total. The molecule has 6 heteroatoms. The third-order valence-electron chi connectivity index (χ3n) is 13.5. The Morgan fingerprint density at radius 2 is 0.785 bits per heavy atom. The van der Waals surface area contributed by atoms with E-state index >= 15 is 0 Å². The first-order valence-electron chi connectivity index (χ1n) is 29.1. The molecule has 0 aromatic carbocycles. The highest BCUT2D eigenvalue weighted by Gasteiger charge is 2.24. The average Bonchev–Trinajstić information content (AvgIpc) is 3.30. The number of allylic oxidation sites excluding steroid dienone is 4. The summed E-state index contributed by atoms with van der Waals surface area (Å²) in [6, 6.07) is -0.702. The lowest BCUT2D eigenvalue weighted by Gasteiger charge is -2.24.